The lowest BCUT2D eigenvalue weighted by molar-refractivity contribution is -0.134. The summed E-state index contributed by atoms with van der Waals surface area (Å²) in [6.45, 7) is 2.99. The van der Waals surface area contributed by atoms with E-state index >= 15 is 0 Å². The molecule has 27 heavy (non-hydrogen) atoms. The minimum absolute atomic E-state index is 0.0309. The van der Waals surface area contributed by atoms with Crippen molar-refractivity contribution in [2.75, 3.05) is 23.7 Å². The van der Waals surface area contributed by atoms with Crippen molar-refractivity contribution in [3.05, 3.63) is 36.5 Å². The van der Waals surface area contributed by atoms with E-state index in [1.54, 1.807) is 12.3 Å². The van der Waals surface area contributed by atoms with E-state index in [4.69, 9.17) is 0 Å². The molecule has 146 valence electrons. The normalized spacial score (nSPS) is 17.9. The second kappa shape index (κ2) is 8.25. The van der Waals surface area contributed by atoms with Gasteiger partial charge in [-0.1, -0.05) is 25.1 Å². The number of hydrogen-bond acceptors (Lipinski definition) is 4. The van der Waals surface area contributed by atoms with Crippen molar-refractivity contribution in [1.29, 1.82) is 0 Å². The summed E-state index contributed by atoms with van der Waals surface area (Å²) in [5.41, 5.74) is 1.15. The van der Waals surface area contributed by atoms with Gasteiger partial charge in [0, 0.05) is 37.1 Å². The Bertz CT molecular complexity index is 908. The molecule has 6 nitrogen and oxygen atoms in total. The average molecular weight is 390 g/mol. The first-order valence-corrected chi connectivity index (χ1v) is 11.4. The Kier molecular flexibility index (Phi) is 5.99. The molecule has 1 aliphatic rings. The van der Waals surface area contributed by atoms with Gasteiger partial charge in [0.25, 0.3) is 0 Å². The summed E-state index contributed by atoms with van der Waals surface area (Å²) in [6.07, 6.45) is 7.14. The average Bonchev–Trinajstić information content (AvgIpc) is 2.67. The first-order chi connectivity index (χ1) is 12.9. The van der Waals surface area contributed by atoms with Gasteiger partial charge >= 0.3 is 0 Å². The molecule has 0 saturated carbocycles. The van der Waals surface area contributed by atoms with Crippen LogP contribution in [0.15, 0.2) is 36.5 Å². The number of nitrogens with zero attached hydrogens (tertiary/aromatic N) is 3. The fourth-order valence-electron chi connectivity index (χ4n) is 3.85. The van der Waals surface area contributed by atoms with Gasteiger partial charge in [-0.2, -0.15) is 0 Å². The number of sulfonamides is 1. The van der Waals surface area contributed by atoms with E-state index < -0.39 is 10.0 Å². The number of carbonyl (C=O) groups excluding carboxylic acids is 1. The fourth-order valence-corrected chi connectivity index (χ4v) is 4.78. The van der Waals surface area contributed by atoms with E-state index in [2.05, 4.69) is 11.9 Å². The van der Waals surface area contributed by atoms with Crippen molar-refractivity contribution in [1.82, 2.24) is 9.88 Å². The van der Waals surface area contributed by atoms with Gasteiger partial charge in [-0.05, 0) is 37.8 Å². The van der Waals surface area contributed by atoms with Crippen molar-refractivity contribution in [2.24, 2.45) is 0 Å². The van der Waals surface area contributed by atoms with E-state index in [1.807, 2.05) is 29.2 Å². The molecule has 1 aromatic carbocycles. The number of amides is 1. The third kappa shape index (κ3) is 4.40. The first-order valence-electron chi connectivity index (χ1n) is 9.52. The van der Waals surface area contributed by atoms with Gasteiger partial charge in [0.05, 0.1) is 17.5 Å². The largest absolute Gasteiger partial charge is 0.340 e. The highest BCUT2D eigenvalue weighted by molar-refractivity contribution is 7.92. The van der Waals surface area contributed by atoms with E-state index in [1.165, 1.54) is 10.6 Å². The molecule has 2 aromatic rings. The van der Waals surface area contributed by atoms with Crippen molar-refractivity contribution in [3.8, 4) is 0 Å². The number of hydrogen-bond donors (Lipinski definition) is 0. The molecule has 2 heterocycles. The van der Waals surface area contributed by atoms with Crippen molar-refractivity contribution >= 4 is 32.5 Å². The smallest absolute Gasteiger partial charge is 0.232 e. The summed E-state index contributed by atoms with van der Waals surface area (Å²) in [4.78, 5) is 19.1. The molecule has 1 aromatic heterocycles. The lowest BCUT2D eigenvalue weighted by atomic mass is 9.99. The first kappa shape index (κ1) is 19.6. The van der Waals surface area contributed by atoms with Crippen LogP contribution in [-0.2, 0) is 14.8 Å². The summed E-state index contributed by atoms with van der Waals surface area (Å²) in [7, 11) is -3.53. The molecule has 0 bridgehead atoms. The Labute approximate surface area is 161 Å². The summed E-state index contributed by atoms with van der Waals surface area (Å²) < 4.78 is 26.2. The molecule has 1 amide bonds. The number of benzene rings is 1. The highest BCUT2D eigenvalue weighted by Crippen LogP contribution is 2.27. The van der Waals surface area contributed by atoms with E-state index in [9.17, 15) is 13.2 Å². The van der Waals surface area contributed by atoms with E-state index in [0.717, 1.165) is 37.6 Å². The summed E-state index contributed by atoms with van der Waals surface area (Å²) in [6, 6.07) is 9.46. The highest BCUT2D eigenvalue weighted by atomic mass is 32.2. The van der Waals surface area contributed by atoms with E-state index in [0.29, 0.717) is 11.2 Å². The third-order valence-corrected chi connectivity index (χ3v) is 6.41. The van der Waals surface area contributed by atoms with Gasteiger partial charge in [0.2, 0.25) is 15.9 Å². The van der Waals surface area contributed by atoms with Crippen LogP contribution in [0.1, 0.15) is 39.0 Å². The molecule has 0 N–H and O–H groups in total. The molecule has 1 unspecified atom stereocenters. The highest BCUT2D eigenvalue weighted by Gasteiger charge is 2.27. The zero-order chi connectivity index (χ0) is 19.4. The van der Waals surface area contributed by atoms with Crippen LogP contribution in [0.25, 0.3) is 10.9 Å². The number of carbonyl (C=O) groups is 1. The van der Waals surface area contributed by atoms with Gasteiger partial charge in [-0.15, -0.1) is 0 Å². The number of fused-ring (bicyclic) bond motifs is 1. The van der Waals surface area contributed by atoms with Crippen LogP contribution in [0.4, 0.5) is 5.69 Å². The number of piperidine rings is 1. The summed E-state index contributed by atoms with van der Waals surface area (Å²) in [5, 5.41) is 0.872. The second-order valence-electron chi connectivity index (χ2n) is 7.08. The predicted octanol–water partition coefficient (Wildman–Crippen LogP) is 3.18. The minimum Gasteiger partial charge on any atom is -0.340 e. The molecule has 7 heteroatoms. The van der Waals surface area contributed by atoms with Gasteiger partial charge < -0.3 is 4.90 Å². The maximum Gasteiger partial charge on any atom is 0.232 e. The Morgan fingerprint density at radius 3 is 2.78 bits per heavy atom. The van der Waals surface area contributed by atoms with Crippen molar-refractivity contribution in [2.45, 2.75) is 45.1 Å². The maximum atomic E-state index is 12.8. The number of pyridine rings is 1. The van der Waals surface area contributed by atoms with Crippen LogP contribution in [0.5, 0.6) is 0 Å². The molecule has 1 atom stereocenters. The number of aromatic nitrogens is 1. The topological polar surface area (TPSA) is 70.6 Å². The zero-order valence-electron chi connectivity index (χ0n) is 16.0. The molecule has 0 aliphatic carbocycles. The third-order valence-electron chi connectivity index (χ3n) is 5.23. The van der Waals surface area contributed by atoms with Crippen LogP contribution >= 0.6 is 0 Å². The molecule has 0 radical (unpaired) electrons. The Morgan fingerprint density at radius 2 is 2.04 bits per heavy atom. The van der Waals surface area contributed by atoms with Gasteiger partial charge in [0.1, 0.15) is 0 Å². The maximum absolute atomic E-state index is 12.8. The summed E-state index contributed by atoms with van der Waals surface area (Å²) in [5.74, 6) is 0.0309. The Morgan fingerprint density at radius 1 is 1.26 bits per heavy atom. The van der Waals surface area contributed by atoms with Crippen molar-refractivity contribution < 1.29 is 13.2 Å². The van der Waals surface area contributed by atoms with Crippen LogP contribution in [0, 0.1) is 0 Å². The molecule has 1 saturated heterocycles. The lowest BCUT2D eigenvalue weighted by Crippen LogP contribution is -2.44. The minimum atomic E-state index is -3.53. The van der Waals surface area contributed by atoms with Gasteiger partial charge in [-0.25, -0.2) is 8.42 Å². The molecule has 1 aliphatic heterocycles. The summed E-state index contributed by atoms with van der Waals surface area (Å²) >= 11 is 0. The SMILES string of the molecule is CCC1CCCCN1C(=O)CCN(c1cccc2cccnc12)S(C)(=O)=O. The molecular weight excluding hydrogens is 362 g/mol. The van der Waals surface area contributed by atoms with Gasteiger partial charge in [0.15, 0.2) is 0 Å². The zero-order valence-corrected chi connectivity index (χ0v) is 16.8. The number of para-hydroxylation sites is 1. The Hall–Kier alpha value is -2.15. The number of anilines is 1. The standard InChI is InChI=1S/C20H27N3O3S/c1-3-17-10-4-5-14-22(17)19(24)12-15-23(27(2,25)26)18-11-6-8-16-9-7-13-21-20(16)18/h6-9,11,13,17H,3-5,10,12,14-15H2,1-2H3. The molecule has 0 spiro atoms. The second-order valence-corrected chi connectivity index (χ2v) is 8.99. The monoisotopic (exact) mass is 389 g/mol. The lowest BCUT2D eigenvalue weighted by Gasteiger charge is -2.36. The Balaban J connectivity index is 1.83. The fraction of sp³-hybridized carbons (Fsp3) is 0.500. The van der Waals surface area contributed by atoms with Crippen LogP contribution in [-0.4, -0.2) is 49.6 Å². The van der Waals surface area contributed by atoms with Gasteiger partial charge in [-0.3, -0.25) is 14.1 Å². The predicted molar refractivity (Wildman–Crippen MR) is 108 cm³/mol. The van der Waals surface area contributed by atoms with E-state index in [-0.39, 0.29) is 24.9 Å². The van der Waals surface area contributed by atoms with Crippen LogP contribution in [0.2, 0.25) is 0 Å². The molecular formula is C20H27N3O3S. The number of likely N-dealkylation sites (tertiary alicyclic amines) is 1. The molecule has 3 rings (SSSR count). The quantitative estimate of drug-likeness (QED) is 0.761. The van der Waals surface area contributed by atoms with Crippen LogP contribution in [0.3, 0.4) is 0 Å². The molecule has 1 fully saturated rings. The van der Waals surface area contributed by atoms with Crippen molar-refractivity contribution in [3.63, 3.8) is 0 Å². The van der Waals surface area contributed by atoms with Crippen LogP contribution < -0.4 is 4.31 Å². The number of rotatable bonds is 6.